The van der Waals surface area contributed by atoms with Crippen LogP contribution in [0.2, 0.25) is 5.02 Å². The van der Waals surface area contributed by atoms with Gasteiger partial charge in [0, 0.05) is 0 Å². The van der Waals surface area contributed by atoms with Crippen LogP contribution in [0.1, 0.15) is 28.4 Å². The second-order valence-corrected chi connectivity index (χ2v) is 3.30. The molecule has 0 aliphatic carbocycles. The van der Waals surface area contributed by atoms with Gasteiger partial charge in [-0.05, 0) is 18.1 Å². The molecule has 4 heteroatoms. The van der Waals surface area contributed by atoms with E-state index in [0.717, 1.165) is 5.56 Å². The molecule has 0 N–H and O–H groups in total. The summed E-state index contributed by atoms with van der Waals surface area (Å²) in [5.41, 5.74) is 1.36. The fraction of sp³-hybridized carbons (Fsp3) is 0.273. The molecule has 0 radical (unpaired) electrons. The predicted octanol–water partition coefficient (Wildman–Crippen LogP) is 2.56. The first kappa shape index (κ1) is 11.5. The fourth-order valence-corrected chi connectivity index (χ4v) is 1.62. The molecule has 1 aromatic carbocycles. The summed E-state index contributed by atoms with van der Waals surface area (Å²) in [7, 11) is 1.29. The van der Waals surface area contributed by atoms with Crippen molar-refractivity contribution in [1.29, 1.82) is 5.26 Å². The maximum Gasteiger partial charge on any atom is 0.339 e. The van der Waals surface area contributed by atoms with Crippen LogP contribution in [0.15, 0.2) is 12.1 Å². The Morgan fingerprint density at radius 1 is 1.60 bits per heavy atom. The van der Waals surface area contributed by atoms with Gasteiger partial charge in [-0.15, -0.1) is 0 Å². The Kier molecular flexibility index (Phi) is 3.70. The highest BCUT2D eigenvalue weighted by molar-refractivity contribution is 6.34. The van der Waals surface area contributed by atoms with Crippen molar-refractivity contribution in [3.8, 4) is 6.07 Å². The molecule has 0 amide bonds. The molecule has 78 valence electrons. The van der Waals surface area contributed by atoms with Crippen molar-refractivity contribution >= 4 is 17.6 Å². The summed E-state index contributed by atoms with van der Waals surface area (Å²) in [5, 5.41) is 8.94. The number of nitriles is 1. The molecule has 15 heavy (non-hydrogen) atoms. The van der Waals surface area contributed by atoms with Crippen LogP contribution in [0, 0.1) is 11.3 Å². The number of hydrogen-bond donors (Lipinski definition) is 0. The Balaban J connectivity index is 3.44. The molecule has 0 spiro atoms. The lowest BCUT2D eigenvalue weighted by molar-refractivity contribution is 0.0599. The normalized spacial score (nSPS) is 9.47. The van der Waals surface area contributed by atoms with Crippen LogP contribution in [-0.4, -0.2) is 13.1 Å². The number of ether oxygens (including phenoxy) is 1. The molecule has 0 saturated heterocycles. The quantitative estimate of drug-likeness (QED) is 0.724. The zero-order valence-corrected chi connectivity index (χ0v) is 9.26. The minimum Gasteiger partial charge on any atom is -0.465 e. The third-order valence-corrected chi connectivity index (χ3v) is 2.51. The SMILES string of the molecule is CCc1ccc(C#N)c(Cl)c1C(=O)OC. The summed E-state index contributed by atoms with van der Waals surface area (Å²) in [6.07, 6.45) is 0.663. The molecular formula is C11H10ClNO2. The van der Waals surface area contributed by atoms with Crippen LogP contribution in [0.4, 0.5) is 0 Å². The Morgan fingerprint density at radius 3 is 2.73 bits per heavy atom. The van der Waals surface area contributed by atoms with Crippen LogP contribution >= 0.6 is 11.6 Å². The maximum atomic E-state index is 11.5. The van der Waals surface area contributed by atoms with Gasteiger partial charge >= 0.3 is 5.97 Å². The molecule has 1 rings (SSSR count). The van der Waals surface area contributed by atoms with Crippen molar-refractivity contribution in [3.63, 3.8) is 0 Å². The number of hydrogen-bond acceptors (Lipinski definition) is 3. The molecule has 0 bridgehead atoms. The Morgan fingerprint density at radius 2 is 2.27 bits per heavy atom. The van der Waals surface area contributed by atoms with Crippen molar-refractivity contribution in [2.75, 3.05) is 7.11 Å². The Labute approximate surface area is 93.2 Å². The largest absolute Gasteiger partial charge is 0.465 e. The van der Waals surface area contributed by atoms with Gasteiger partial charge in [-0.25, -0.2) is 4.79 Å². The second-order valence-electron chi connectivity index (χ2n) is 2.92. The number of aryl methyl sites for hydroxylation is 1. The van der Waals surface area contributed by atoms with Crippen molar-refractivity contribution < 1.29 is 9.53 Å². The van der Waals surface area contributed by atoms with Crippen LogP contribution in [0.3, 0.4) is 0 Å². The molecule has 0 aromatic heterocycles. The monoisotopic (exact) mass is 223 g/mol. The van der Waals surface area contributed by atoms with Gasteiger partial charge in [0.1, 0.15) is 6.07 Å². The lowest BCUT2D eigenvalue weighted by atomic mass is 10.0. The molecule has 0 heterocycles. The van der Waals surface area contributed by atoms with Crippen molar-refractivity contribution in [1.82, 2.24) is 0 Å². The van der Waals surface area contributed by atoms with E-state index < -0.39 is 5.97 Å². The van der Waals surface area contributed by atoms with Crippen LogP contribution in [-0.2, 0) is 11.2 Å². The summed E-state index contributed by atoms with van der Waals surface area (Å²) in [6, 6.07) is 5.25. The molecule has 0 aliphatic rings. The number of rotatable bonds is 2. The van der Waals surface area contributed by atoms with Crippen molar-refractivity contribution in [3.05, 3.63) is 33.8 Å². The average molecular weight is 224 g/mol. The van der Waals surface area contributed by atoms with E-state index in [4.69, 9.17) is 16.9 Å². The van der Waals surface area contributed by atoms with E-state index in [2.05, 4.69) is 4.74 Å². The van der Waals surface area contributed by atoms with E-state index >= 15 is 0 Å². The zero-order chi connectivity index (χ0) is 11.4. The highest BCUT2D eigenvalue weighted by atomic mass is 35.5. The summed E-state index contributed by atoms with van der Waals surface area (Å²) >= 11 is 5.94. The molecule has 0 fully saturated rings. The van der Waals surface area contributed by atoms with E-state index in [1.54, 1.807) is 12.1 Å². The summed E-state index contributed by atoms with van der Waals surface area (Å²) in [6.45, 7) is 1.91. The first-order chi connectivity index (χ1) is 7.15. The highest BCUT2D eigenvalue weighted by Gasteiger charge is 2.17. The molecular weight excluding hydrogens is 214 g/mol. The second kappa shape index (κ2) is 4.81. The lowest BCUT2D eigenvalue weighted by Gasteiger charge is -2.08. The van der Waals surface area contributed by atoms with Crippen molar-refractivity contribution in [2.24, 2.45) is 0 Å². The van der Waals surface area contributed by atoms with E-state index in [1.165, 1.54) is 7.11 Å². The summed E-state index contributed by atoms with van der Waals surface area (Å²) in [4.78, 5) is 11.5. The minimum absolute atomic E-state index is 0.170. The number of benzene rings is 1. The van der Waals surface area contributed by atoms with Gasteiger partial charge < -0.3 is 4.74 Å². The van der Waals surface area contributed by atoms with Gasteiger partial charge in [0.05, 0.1) is 23.3 Å². The molecule has 0 atom stereocenters. The van der Waals surface area contributed by atoms with Crippen LogP contribution < -0.4 is 0 Å². The van der Waals surface area contributed by atoms with Gasteiger partial charge in [-0.1, -0.05) is 24.6 Å². The molecule has 3 nitrogen and oxygen atoms in total. The standard InChI is InChI=1S/C11H10ClNO2/c1-3-7-4-5-8(6-13)10(12)9(7)11(14)15-2/h4-5H,3H2,1-2H3. The number of halogens is 1. The van der Waals surface area contributed by atoms with Crippen molar-refractivity contribution in [2.45, 2.75) is 13.3 Å². The molecule has 0 unspecified atom stereocenters. The first-order valence-corrected chi connectivity index (χ1v) is 4.83. The maximum absolute atomic E-state index is 11.5. The topological polar surface area (TPSA) is 50.1 Å². The lowest BCUT2D eigenvalue weighted by Crippen LogP contribution is -2.07. The number of methoxy groups -OCH3 is 1. The molecule has 0 saturated carbocycles. The highest BCUT2D eigenvalue weighted by Crippen LogP contribution is 2.25. The zero-order valence-electron chi connectivity index (χ0n) is 8.50. The van der Waals surface area contributed by atoms with E-state index in [-0.39, 0.29) is 10.6 Å². The van der Waals surface area contributed by atoms with E-state index in [0.29, 0.717) is 12.0 Å². The number of esters is 1. The van der Waals surface area contributed by atoms with Gasteiger partial charge in [0.15, 0.2) is 0 Å². The Bertz CT molecular complexity index is 435. The average Bonchev–Trinajstić information content (AvgIpc) is 2.27. The van der Waals surface area contributed by atoms with Crippen LogP contribution in [0.25, 0.3) is 0 Å². The minimum atomic E-state index is -0.506. The third-order valence-electron chi connectivity index (χ3n) is 2.12. The third kappa shape index (κ3) is 2.11. The number of carbonyl (C=O) groups excluding carboxylic acids is 1. The van der Waals surface area contributed by atoms with Gasteiger partial charge in [-0.2, -0.15) is 5.26 Å². The van der Waals surface area contributed by atoms with Gasteiger partial charge in [0.2, 0.25) is 0 Å². The molecule has 1 aromatic rings. The fourth-order valence-electron chi connectivity index (χ4n) is 1.32. The predicted molar refractivity (Wildman–Crippen MR) is 56.9 cm³/mol. The van der Waals surface area contributed by atoms with Gasteiger partial charge in [-0.3, -0.25) is 0 Å². The van der Waals surface area contributed by atoms with E-state index in [9.17, 15) is 4.79 Å². The smallest absolute Gasteiger partial charge is 0.339 e. The van der Waals surface area contributed by atoms with Crippen LogP contribution in [0.5, 0.6) is 0 Å². The molecule has 0 aliphatic heterocycles. The van der Waals surface area contributed by atoms with Gasteiger partial charge in [0.25, 0.3) is 0 Å². The summed E-state index contributed by atoms with van der Waals surface area (Å²) in [5.74, 6) is -0.506. The first-order valence-electron chi connectivity index (χ1n) is 4.45. The van der Waals surface area contributed by atoms with E-state index in [1.807, 2.05) is 13.0 Å². The number of nitrogens with zero attached hydrogens (tertiary/aromatic N) is 1. The summed E-state index contributed by atoms with van der Waals surface area (Å²) < 4.78 is 4.63. The number of carbonyl (C=O) groups is 1. The Hall–Kier alpha value is -1.53.